The second-order valence-corrected chi connectivity index (χ2v) is 6.64. The molecule has 1 amide bonds. The first-order valence-electron chi connectivity index (χ1n) is 7.31. The van der Waals surface area contributed by atoms with Crippen LogP contribution < -0.4 is 9.64 Å². The molecule has 0 spiro atoms. The maximum atomic E-state index is 14.3. The second-order valence-electron chi connectivity index (χ2n) is 6.24. The van der Waals surface area contributed by atoms with Gasteiger partial charge in [-0.25, -0.2) is 14.2 Å². The second kappa shape index (κ2) is 7.12. The first-order chi connectivity index (χ1) is 12.0. The molecule has 2 aromatic rings. The smallest absolute Gasteiger partial charge is 0.412 e. The molecule has 0 fully saturated rings. The number of halogens is 2. The van der Waals surface area contributed by atoms with Crippen molar-refractivity contribution in [2.75, 3.05) is 4.90 Å². The number of carbonyl (C=O) groups is 1. The minimum Gasteiger partial charge on any atom is -0.465 e. The van der Waals surface area contributed by atoms with E-state index in [4.69, 9.17) is 16.3 Å². The van der Waals surface area contributed by atoms with Crippen molar-refractivity contribution in [1.82, 2.24) is 4.98 Å². The lowest BCUT2D eigenvalue weighted by molar-refractivity contribution is -0.385. The summed E-state index contributed by atoms with van der Waals surface area (Å²) in [6.45, 7) is 4.81. The topological polar surface area (TPSA) is 106 Å². The van der Waals surface area contributed by atoms with Gasteiger partial charge in [-0.3, -0.25) is 15.0 Å². The number of nitro groups is 1. The van der Waals surface area contributed by atoms with Crippen LogP contribution in [0.1, 0.15) is 20.8 Å². The Morgan fingerprint density at radius 2 is 2.04 bits per heavy atom. The van der Waals surface area contributed by atoms with Crippen LogP contribution in [0.25, 0.3) is 0 Å². The van der Waals surface area contributed by atoms with Crippen LogP contribution in [0.2, 0.25) is 5.02 Å². The van der Waals surface area contributed by atoms with E-state index in [0.717, 1.165) is 23.2 Å². The number of amides is 1. The number of pyridine rings is 1. The van der Waals surface area contributed by atoms with Gasteiger partial charge in [0.15, 0.2) is 0 Å². The van der Waals surface area contributed by atoms with Gasteiger partial charge in [-0.15, -0.1) is 0 Å². The van der Waals surface area contributed by atoms with Crippen molar-refractivity contribution in [1.29, 1.82) is 0 Å². The molecule has 1 aromatic carbocycles. The van der Waals surface area contributed by atoms with E-state index >= 15 is 0 Å². The Morgan fingerprint density at radius 1 is 1.38 bits per heavy atom. The highest BCUT2D eigenvalue weighted by molar-refractivity contribution is 6.32. The summed E-state index contributed by atoms with van der Waals surface area (Å²) in [5.41, 5.74) is -1.40. The highest BCUT2D eigenvalue weighted by Gasteiger charge is 2.31. The van der Waals surface area contributed by atoms with Crippen molar-refractivity contribution in [3.63, 3.8) is 0 Å². The molecule has 2 rings (SSSR count). The number of anilines is 1. The molecule has 0 aliphatic carbocycles. The zero-order chi connectivity index (χ0) is 19.6. The number of carboxylic acid groups (broad SMARTS) is 1. The molecule has 138 valence electrons. The van der Waals surface area contributed by atoms with Crippen LogP contribution in [0, 0.1) is 15.9 Å². The molecule has 10 heteroatoms. The zero-order valence-electron chi connectivity index (χ0n) is 14.1. The number of ether oxygens (including phenoxy) is 1. The molecule has 1 heterocycles. The summed E-state index contributed by atoms with van der Waals surface area (Å²) < 4.78 is 19.7. The predicted octanol–water partition coefficient (Wildman–Crippen LogP) is 4.86. The average molecular weight is 384 g/mol. The number of benzene rings is 1. The van der Waals surface area contributed by atoms with Crippen molar-refractivity contribution in [3.8, 4) is 11.6 Å². The van der Waals surface area contributed by atoms with Gasteiger partial charge in [-0.1, -0.05) is 11.6 Å². The summed E-state index contributed by atoms with van der Waals surface area (Å²) >= 11 is 5.96. The van der Waals surface area contributed by atoms with Crippen LogP contribution in [0.4, 0.5) is 20.6 Å². The summed E-state index contributed by atoms with van der Waals surface area (Å²) in [6, 6.07) is 4.50. The molecule has 0 atom stereocenters. The van der Waals surface area contributed by atoms with Gasteiger partial charge in [0, 0.05) is 23.7 Å². The molecule has 8 nitrogen and oxygen atoms in total. The van der Waals surface area contributed by atoms with E-state index in [1.807, 2.05) is 0 Å². The summed E-state index contributed by atoms with van der Waals surface area (Å²) in [5.74, 6) is -0.899. The van der Waals surface area contributed by atoms with E-state index in [-0.39, 0.29) is 28.0 Å². The summed E-state index contributed by atoms with van der Waals surface area (Å²) in [6.07, 6.45) is -0.357. The van der Waals surface area contributed by atoms with Gasteiger partial charge in [0.25, 0.3) is 5.69 Å². The minimum absolute atomic E-state index is 0.0207. The predicted molar refractivity (Wildman–Crippen MR) is 92.6 cm³/mol. The monoisotopic (exact) mass is 383 g/mol. The van der Waals surface area contributed by atoms with Gasteiger partial charge >= 0.3 is 6.09 Å². The minimum atomic E-state index is -1.35. The van der Waals surface area contributed by atoms with Gasteiger partial charge in [0.2, 0.25) is 5.88 Å². The first-order valence-corrected chi connectivity index (χ1v) is 7.69. The van der Waals surface area contributed by atoms with Crippen LogP contribution in [-0.4, -0.2) is 26.6 Å². The van der Waals surface area contributed by atoms with E-state index in [9.17, 15) is 24.4 Å². The first kappa shape index (κ1) is 19.4. The Hall–Kier alpha value is -2.94. The van der Waals surface area contributed by atoms with Crippen molar-refractivity contribution >= 4 is 29.1 Å². The normalized spacial score (nSPS) is 11.1. The van der Waals surface area contributed by atoms with Crippen LogP contribution >= 0.6 is 11.6 Å². The fourth-order valence-corrected chi connectivity index (χ4v) is 2.36. The summed E-state index contributed by atoms with van der Waals surface area (Å²) in [7, 11) is 0. The zero-order valence-corrected chi connectivity index (χ0v) is 14.8. The van der Waals surface area contributed by atoms with Crippen molar-refractivity contribution in [3.05, 3.63) is 51.4 Å². The van der Waals surface area contributed by atoms with E-state index in [0.29, 0.717) is 0 Å². The number of hydrogen-bond donors (Lipinski definition) is 1. The fourth-order valence-electron chi connectivity index (χ4n) is 2.17. The van der Waals surface area contributed by atoms with E-state index in [2.05, 4.69) is 4.98 Å². The molecule has 1 N–H and O–H groups in total. The standard InChI is InChI=1S/C16H15ClFN3O5/c1-16(2,3)20(15(22)23)12-7-13(10(17)6-11(12)18)26-14-5-4-9(8-19-14)21(24)25/h4-8H,1-3H3,(H,22,23). The summed E-state index contributed by atoms with van der Waals surface area (Å²) in [5, 5.41) is 20.0. The van der Waals surface area contributed by atoms with E-state index in [1.165, 1.54) is 12.1 Å². The lowest BCUT2D eigenvalue weighted by Gasteiger charge is -2.33. The lowest BCUT2D eigenvalue weighted by atomic mass is 10.1. The van der Waals surface area contributed by atoms with E-state index in [1.54, 1.807) is 20.8 Å². The van der Waals surface area contributed by atoms with Crippen molar-refractivity contribution in [2.24, 2.45) is 0 Å². The van der Waals surface area contributed by atoms with Gasteiger partial charge < -0.3 is 9.84 Å². The quantitative estimate of drug-likeness (QED) is 0.597. The maximum Gasteiger partial charge on any atom is 0.412 e. The molecular weight excluding hydrogens is 369 g/mol. The highest BCUT2D eigenvalue weighted by atomic mass is 35.5. The van der Waals surface area contributed by atoms with Gasteiger partial charge in [0.1, 0.15) is 17.8 Å². The van der Waals surface area contributed by atoms with Gasteiger partial charge in [0.05, 0.1) is 15.6 Å². The fraction of sp³-hybridized carbons (Fsp3) is 0.250. The molecule has 26 heavy (non-hydrogen) atoms. The Labute approximate surface area is 152 Å². The number of nitrogens with zero attached hydrogens (tertiary/aromatic N) is 3. The number of hydrogen-bond acceptors (Lipinski definition) is 5. The molecular formula is C16H15ClFN3O5. The lowest BCUT2D eigenvalue weighted by Crippen LogP contribution is -2.45. The summed E-state index contributed by atoms with van der Waals surface area (Å²) in [4.78, 5) is 26.2. The molecule has 0 bridgehead atoms. The number of aromatic nitrogens is 1. The van der Waals surface area contributed by atoms with Crippen molar-refractivity contribution in [2.45, 2.75) is 26.3 Å². The third-order valence-corrected chi connectivity index (χ3v) is 3.55. The SMILES string of the molecule is CC(C)(C)N(C(=O)O)c1cc(Oc2ccc([N+](=O)[O-])cn2)c(Cl)cc1F. The van der Waals surface area contributed by atoms with Crippen molar-refractivity contribution < 1.29 is 24.0 Å². The van der Waals surface area contributed by atoms with Crippen LogP contribution in [-0.2, 0) is 0 Å². The van der Waals surface area contributed by atoms with Crippen LogP contribution in [0.15, 0.2) is 30.5 Å². The van der Waals surface area contributed by atoms with Crippen LogP contribution in [0.3, 0.4) is 0 Å². The molecule has 0 radical (unpaired) electrons. The number of rotatable bonds is 4. The molecule has 0 aliphatic rings. The Bertz CT molecular complexity index is 852. The molecule has 0 saturated carbocycles. The third kappa shape index (κ3) is 4.17. The maximum absolute atomic E-state index is 14.3. The Balaban J connectivity index is 2.44. The molecule has 0 saturated heterocycles. The van der Waals surface area contributed by atoms with Gasteiger partial charge in [-0.2, -0.15) is 0 Å². The average Bonchev–Trinajstić information content (AvgIpc) is 2.50. The molecule has 0 unspecified atom stereocenters. The molecule has 0 aliphatic heterocycles. The molecule has 1 aromatic heterocycles. The highest BCUT2D eigenvalue weighted by Crippen LogP contribution is 2.37. The van der Waals surface area contributed by atoms with E-state index < -0.39 is 22.4 Å². The van der Waals surface area contributed by atoms with Gasteiger partial charge in [-0.05, 0) is 26.8 Å². The Kier molecular flexibility index (Phi) is 5.31. The largest absolute Gasteiger partial charge is 0.465 e. The van der Waals surface area contributed by atoms with Crippen LogP contribution in [0.5, 0.6) is 11.6 Å². The third-order valence-electron chi connectivity index (χ3n) is 3.25. The Morgan fingerprint density at radius 3 is 2.50 bits per heavy atom.